The van der Waals surface area contributed by atoms with Crippen LogP contribution in [0.15, 0.2) is 24.3 Å². The Morgan fingerprint density at radius 1 is 1.16 bits per heavy atom. The minimum absolute atomic E-state index is 0.658. The maximum atomic E-state index is 8.42. The summed E-state index contributed by atoms with van der Waals surface area (Å²) < 4.78 is 5.62. The average Bonchev–Trinajstić information content (AvgIpc) is 2.44. The van der Waals surface area contributed by atoms with Crippen LogP contribution in [0.3, 0.4) is 0 Å². The molecule has 0 fully saturated rings. The molecule has 0 heterocycles. The molecule has 0 saturated heterocycles. The van der Waals surface area contributed by atoms with Gasteiger partial charge in [-0.25, -0.2) is 0 Å². The van der Waals surface area contributed by atoms with E-state index in [2.05, 4.69) is 30.4 Å². The van der Waals surface area contributed by atoms with Crippen molar-refractivity contribution in [1.82, 2.24) is 5.32 Å². The summed E-state index contributed by atoms with van der Waals surface area (Å²) in [5.74, 6) is 0.950. The van der Waals surface area contributed by atoms with Crippen molar-refractivity contribution in [3.05, 3.63) is 29.8 Å². The topological polar surface area (TPSA) is 45.0 Å². The fourth-order valence-corrected chi connectivity index (χ4v) is 1.72. The highest BCUT2D eigenvalue weighted by Crippen LogP contribution is 2.12. The first kappa shape index (κ1) is 15.5. The summed E-state index contributed by atoms with van der Waals surface area (Å²) in [7, 11) is 0. The first-order valence-electron chi connectivity index (χ1n) is 7.16. The van der Waals surface area contributed by atoms with E-state index in [1.807, 2.05) is 12.1 Å². The van der Waals surface area contributed by atoms with Crippen molar-refractivity contribution in [3.63, 3.8) is 0 Å². The summed E-state index contributed by atoms with van der Waals surface area (Å²) >= 11 is 0. The molecule has 0 aromatic heterocycles. The van der Waals surface area contributed by atoms with E-state index in [9.17, 15) is 0 Å². The van der Waals surface area contributed by atoms with Gasteiger partial charge in [0.15, 0.2) is 0 Å². The SMILES string of the molecule is CCCCOc1ccc(CNCCCCC#N)cc1. The van der Waals surface area contributed by atoms with Gasteiger partial charge in [0.25, 0.3) is 0 Å². The largest absolute Gasteiger partial charge is 0.494 e. The molecule has 0 radical (unpaired) electrons. The van der Waals surface area contributed by atoms with Crippen LogP contribution in [-0.4, -0.2) is 13.2 Å². The molecule has 104 valence electrons. The van der Waals surface area contributed by atoms with Gasteiger partial charge in [-0.3, -0.25) is 0 Å². The Morgan fingerprint density at radius 2 is 1.95 bits per heavy atom. The number of hydrogen-bond donors (Lipinski definition) is 1. The van der Waals surface area contributed by atoms with Gasteiger partial charge in [-0.15, -0.1) is 0 Å². The minimum Gasteiger partial charge on any atom is -0.494 e. The van der Waals surface area contributed by atoms with Gasteiger partial charge in [0, 0.05) is 13.0 Å². The van der Waals surface area contributed by atoms with Gasteiger partial charge in [0.05, 0.1) is 12.7 Å². The van der Waals surface area contributed by atoms with Crippen LogP contribution in [0.5, 0.6) is 5.75 Å². The van der Waals surface area contributed by atoms with Crippen LogP contribution in [0.1, 0.15) is 44.6 Å². The van der Waals surface area contributed by atoms with Crippen molar-refractivity contribution in [2.45, 2.75) is 45.6 Å². The Labute approximate surface area is 116 Å². The summed E-state index contributed by atoms with van der Waals surface area (Å²) in [6.07, 6.45) is 4.96. The van der Waals surface area contributed by atoms with Gasteiger partial charge >= 0.3 is 0 Å². The Bertz CT molecular complexity index is 367. The molecule has 0 saturated carbocycles. The first-order valence-corrected chi connectivity index (χ1v) is 7.16. The van der Waals surface area contributed by atoms with Crippen LogP contribution in [0.25, 0.3) is 0 Å². The van der Waals surface area contributed by atoms with Crippen LogP contribution < -0.4 is 10.1 Å². The first-order chi connectivity index (χ1) is 9.36. The molecular formula is C16H24N2O. The Hall–Kier alpha value is -1.53. The third kappa shape index (κ3) is 7.48. The van der Waals surface area contributed by atoms with E-state index in [0.717, 1.165) is 51.1 Å². The summed E-state index contributed by atoms with van der Waals surface area (Å²) in [6.45, 7) is 4.81. The van der Waals surface area contributed by atoms with Gasteiger partial charge in [0.2, 0.25) is 0 Å². The molecule has 0 spiro atoms. The lowest BCUT2D eigenvalue weighted by Gasteiger charge is -2.07. The van der Waals surface area contributed by atoms with Gasteiger partial charge in [-0.05, 0) is 43.5 Å². The average molecular weight is 260 g/mol. The van der Waals surface area contributed by atoms with Gasteiger partial charge < -0.3 is 10.1 Å². The number of nitrogens with zero attached hydrogens (tertiary/aromatic N) is 1. The third-order valence-corrected chi connectivity index (χ3v) is 2.91. The highest BCUT2D eigenvalue weighted by molar-refractivity contribution is 5.27. The van der Waals surface area contributed by atoms with Crippen molar-refractivity contribution >= 4 is 0 Å². The quantitative estimate of drug-likeness (QED) is 0.653. The molecule has 0 aliphatic rings. The lowest BCUT2D eigenvalue weighted by Crippen LogP contribution is -2.14. The number of hydrogen-bond acceptors (Lipinski definition) is 3. The second-order valence-electron chi connectivity index (χ2n) is 4.64. The molecule has 3 nitrogen and oxygen atoms in total. The molecule has 3 heteroatoms. The highest BCUT2D eigenvalue weighted by Gasteiger charge is 1.96. The lowest BCUT2D eigenvalue weighted by atomic mass is 10.2. The Kier molecular flexibility index (Phi) is 8.50. The zero-order valence-electron chi connectivity index (χ0n) is 11.8. The van der Waals surface area contributed by atoms with Crippen LogP contribution >= 0.6 is 0 Å². The van der Waals surface area contributed by atoms with E-state index in [1.165, 1.54) is 5.56 Å². The fraction of sp³-hybridized carbons (Fsp3) is 0.562. The Balaban J connectivity index is 2.15. The smallest absolute Gasteiger partial charge is 0.119 e. The molecule has 0 atom stereocenters. The zero-order chi connectivity index (χ0) is 13.8. The second kappa shape index (κ2) is 10.4. The third-order valence-electron chi connectivity index (χ3n) is 2.91. The van der Waals surface area contributed by atoms with E-state index in [4.69, 9.17) is 10.00 Å². The fourth-order valence-electron chi connectivity index (χ4n) is 1.72. The predicted octanol–water partition coefficient (Wildman–Crippen LogP) is 3.65. The molecule has 0 aliphatic heterocycles. The van der Waals surface area contributed by atoms with Crippen molar-refractivity contribution in [2.75, 3.05) is 13.2 Å². The van der Waals surface area contributed by atoms with Gasteiger partial charge in [0.1, 0.15) is 5.75 Å². The molecule has 1 aromatic carbocycles. The maximum absolute atomic E-state index is 8.42. The Morgan fingerprint density at radius 3 is 2.63 bits per heavy atom. The monoisotopic (exact) mass is 260 g/mol. The van der Waals surface area contributed by atoms with Crippen molar-refractivity contribution < 1.29 is 4.74 Å². The van der Waals surface area contributed by atoms with Crippen molar-refractivity contribution in [3.8, 4) is 11.8 Å². The van der Waals surface area contributed by atoms with Gasteiger partial charge in [-0.2, -0.15) is 5.26 Å². The number of ether oxygens (including phenoxy) is 1. The van der Waals surface area contributed by atoms with E-state index < -0.39 is 0 Å². The van der Waals surface area contributed by atoms with Crippen molar-refractivity contribution in [1.29, 1.82) is 5.26 Å². The standard InChI is InChI=1S/C16H24N2O/c1-2-3-13-19-16-9-7-15(8-10-16)14-18-12-6-4-5-11-17/h7-10,18H,2-6,12-14H2,1H3. The molecule has 1 N–H and O–H groups in total. The van der Waals surface area contributed by atoms with E-state index in [-0.39, 0.29) is 0 Å². The summed E-state index contributed by atoms with van der Waals surface area (Å²) in [6, 6.07) is 10.4. The summed E-state index contributed by atoms with van der Waals surface area (Å²) in [5, 5.41) is 11.8. The number of unbranched alkanes of at least 4 members (excludes halogenated alkanes) is 3. The van der Waals surface area contributed by atoms with Crippen LogP contribution in [0, 0.1) is 11.3 Å². The normalized spacial score (nSPS) is 10.1. The molecule has 0 amide bonds. The van der Waals surface area contributed by atoms with Gasteiger partial charge in [-0.1, -0.05) is 25.5 Å². The second-order valence-corrected chi connectivity index (χ2v) is 4.64. The van der Waals surface area contributed by atoms with Crippen LogP contribution in [0.4, 0.5) is 0 Å². The van der Waals surface area contributed by atoms with Crippen LogP contribution in [0.2, 0.25) is 0 Å². The maximum Gasteiger partial charge on any atom is 0.119 e. The molecule has 0 bridgehead atoms. The van der Waals surface area contributed by atoms with Crippen LogP contribution in [-0.2, 0) is 6.54 Å². The van der Waals surface area contributed by atoms with E-state index in [0.29, 0.717) is 6.42 Å². The predicted molar refractivity (Wildman–Crippen MR) is 78.0 cm³/mol. The molecular weight excluding hydrogens is 236 g/mol. The number of nitrogens with one attached hydrogen (secondary N) is 1. The summed E-state index contributed by atoms with van der Waals surface area (Å²) in [4.78, 5) is 0. The molecule has 1 rings (SSSR count). The van der Waals surface area contributed by atoms with Crippen molar-refractivity contribution in [2.24, 2.45) is 0 Å². The van der Waals surface area contributed by atoms with E-state index >= 15 is 0 Å². The number of rotatable bonds is 10. The minimum atomic E-state index is 0.658. The molecule has 0 aliphatic carbocycles. The summed E-state index contributed by atoms with van der Waals surface area (Å²) in [5.41, 5.74) is 1.27. The molecule has 0 unspecified atom stereocenters. The highest BCUT2D eigenvalue weighted by atomic mass is 16.5. The molecule has 19 heavy (non-hydrogen) atoms. The lowest BCUT2D eigenvalue weighted by molar-refractivity contribution is 0.309. The van der Waals surface area contributed by atoms with E-state index in [1.54, 1.807) is 0 Å². The number of benzene rings is 1. The zero-order valence-corrected chi connectivity index (χ0v) is 11.8. The molecule has 1 aromatic rings. The number of nitriles is 1.